The summed E-state index contributed by atoms with van der Waals surface area (Å²) in [5, 5.41) is 0. The molecule has 0 radical (unpaired) electrons. The van der Waals surface area contributed by atoms with Gasteiger partial charge in [-0.25, -0.2) is 9.18 Å². The number of benzene rings is 1. The van der Waals surface area contributed by atoms with Crippen LogP contribution >= 0.6 is 0 Å². The number of ether oxygens (including phenoxy) is 1. The first-order valence-electron chi connectivity index (χ1n) is 4.99. The van der Waals surface area contributed by atoms with Gasteiger partial charge in [-0.05, 0) is 32.9 Å². The van der Waals surface area contributed by atoms with Crippen molar-refractivity contribution in [2.75, 3.05) is 0 Å². The molecule has 0 N–H and O–H groups in total. The molecule has 2 nitrogen and oxygen atoms in total. The molecule has 0 aliphatic rings. The van der Waals surface area contributed by atoms with Gasteiger partial charge in [0, 0.05) is 5.56 Å². The standard InChI is InChI=1S/C13H15FO2/c1-5-9-6-7-10(8-11(9)14)12(15)16-13(2,3)4/h5-8H,1H2,2-4H3. The highest BCUT2D eigenvalue weighted by atomic mass is 19.1. The second-order valence-electron chi connectivity index (χ2n) is 4.44. The van der Waals surface area contributed by atoms with E-state index in [0.717, 1.165) is 6.07 Å². The minimum atomic E-state index is -0.579. The normalized spacial score (nSPS) is 11.0. The molecule has 1 rings (SSSR count). The van der Waals surface area contributed by atoms with E-state index in [2.05, 4.69) is 6.58 Å². The van der Waals surface area contributed by atoms with E-state index in [9.17, 15) is 9.18 Å². The highest BCUT2D eigenvalue weighted by Gasteiger charge is 2.18. The Kier molecular flexibility index (Phi) is 3.48. The summed E-state index contributed by atoms with van der Waals surface area (Å²) in [6.07, 6.45) is 1.40. The molecule has 0 aliphatic heterocycles. The average molecular weight is 222 g/mol. The molecule has 0 saturated heterocycles. The molecule has 1 aromatic rings. The van der Waals surface area contributed by atoms with Gasteiger partial charge >= 0.3 is 5.97 Å². The third kappa shape index (κ3) is 3.19. The van der Waals surface area contributed by atoms with Crippen molar-refractivity contribution in [2.24, 2.45) is 0 Å². The number of carbonyl (C=O) groups is 1. The molecule has 3 heteroatoms. The SMILES string of the molecule is C=Cc1ccc(C(=O)OC(C)(C)C)cc1F. The summed E-state index contributed by atoms with van der Waals surface area (Å²) in [6.45, 7) is 8.76. The van der Waals surface area contributed by atoms with Crippen molar-refractivity contribution >= 4 is 12.0 Å². The lowest BCUT2D eigenvalue weighted by molar-refractivity contribution is 0.00690. The molecule has 0 bridgehead atoms. The van der Waals surface area contributed by atoms with Crippen LogP contribution in [0.25, 0.3) is 6.08 Å². The van der Waals surface area contributed by atoms with E-state index in [1.807, 2.05) is 0 Å². The number of hydrogen-bond donors (Lipinski definition) is 0. The molecule has 0 aliphatic carbocycles. The highest BCUT2D eigenvalue weighted by molar-refractivity contribution is 5.90. The lowest BCUT2D eigenvalue weighted by Crippen LogP contribution is -2.23. The van der Waals surface area contributed by atoms with Gasteiger partial charge in [0.05, 0.1) is 5.56 Å². The van der Waals surface area contributed by atoms with Crippen molar-refractivity contribution in [3.8, 4) is 0 Å². The predicted molar refractivity (Wildman–Crippen MR) is 61.7 cm³/mol. The lowest BCUT2D eigenvalue weighted by Gasteiger charge is -2.19. The van der Waals surface area contributed by atoms with E-state index in [-0.39, 0.29) is 5.56 Å². The van der Waals surface area contributed by atoms with Crippen molar-refractivity contribution in [2.45, 2.75) is 26.4 Å². The van der Waals surface area contributed by atoms with Gasteiger partial charge in [-0.3, -0.25) is 0 Å². The predicted octanol–water partition coefficient (Wildman–Crippen LogP) is 3.42. The molecule has 1 aromatic carbocycles. The molecular weight excluding hydrogens is 207 g/mol. The maximum absolute atomic E-state index is 13.4. The van der Waals surface area contributed by atoms with Crippen LogP contribution in [-0.2, 0) is 4.74 Å². The number of rotatable bonds is 2. The molecule has 86 valence electrons. The van der Waals surface area contributed by atoms with Crippen LogP contribution in [0.4, 0.5) is 4.39 Å². The van der Waals surface area contributed by atoms with Crippen molar-refractivity contribution in [1.29, 1.82) is 0 Å². The molecule has 0 amide bonds. The number of halogens is 1. The topological polar surface area (TPSA) is 26.3 Å². The fraction of sp³-hybridized carbons (Fsp3) is 0.308. The summed E-state index contributed by atoms with van der Waals surface area (Å²) in [5.74, 6) is -1.000. The molecular formula is C13H15FO2. The van der Waals surface area contributed by atoms with E-state index in [1.165, 1.54) is 18.2 Å². The van der Waals surface area contributed by atoms with Gasteiger partial charge in [-0.15, -0.1) is 0 Å². The zero-order chi connectivity index (χ0) is 12.3. The fourth-order valence-electron chi connectivity index (χ4n) is 1.16. The summed E-state index contributed by atoms with van der Waals surface area (Å²) in [6, 6.07) is 4.18. The Balaban J connectivity index is 2.94. The first kappa shape index (κ1) is 12.4. The van der Waals surface area contributed by atoms with Crippen LogP contribution in [0.2, 0.25) is 0 Å². The first-order valence-corrected chi connectivity index (χ1v) is 4.99. The van der Waals surface area contributed by atoms with Gasteiger partial charge in [0.25, 0.3) is 0 Å². The Morgan fingerprint density at radius 1 is 1.44 bits per heavy atom. The Bertz CT molecular complexity index is 416. The summed E-state index contributed by atoms with van der Waals surface area (Å²) in [4.78, 5) is 11.6. The van der Waals surface area contributed by atoms with Crippen LogP contribution in [0.3, 0.4) is 0 Å². The maximum Gasteiger partial charge on any atom is 0.338 e. The Labute approximate surface area is 94.7 Å². The maximum atomic E-state index is 13.4. The van der Waals surface area contributed by atoms with Gasteiger partial charge < -0.3 is 4.74 Å². The van der Waals surface area contributed by atoms with Crippen molar-refractivity contribution in [3.05, 3.63) is 41.7 Å². The van der Waals surface area contributed by atoms with E-state index in [0.29, 0.717) is 5.56 Å². The van der Waals surface area contributed by atoms with Crippen molar-refractivity contribution in [1.82, 2.24) is 0 Å². The Hall–Kier alpha value is -1.64. The molecule has 0 fully saturated rings. The average Bonchev–Trinajstić information content (AvgIpc) is 2.15. The minimum absolute atomic E-state index is 0.207. The zero-order valence-electron chi connectivity index (χ0n) is 9.71. The summed E-state index contributed by atoms with van der Waals surface area (Å²) in [5.41, 5.74) is -0.00432. The van der Waals surface area contributed by atoms with Crippen LogP contribution < -0.4 is 0 Å². The first-order chi connectivity index (χ1) is 7.33. The second-order valence-corrected chi connectivity index (χ2v) is 4.44. The summed E-state index contributed by atoms with van der Waals surface area (Å²) < 4.78 is 18.5. The zero-order valence-corrected chi connectivity index (χ0v) is 9.71. The molecule has 0 heterocycles. The summed E-state index contributed by atoms with van der Waals surface area (Å²) >= 11 is 0. The van der Waals surface area contributed by atoms with E-state index < -0.39 is 17.4 Å². The van der Waals surface area contributed by atoms with Gasteiger partial charge in [0.1, 0.15) is 11.4 Å². The molecule has 0 saturated carbocycles. The highest BCUT2D eigenvalue weighted by Crippen LogP contribution is 2.15. The third-order valence-corrected chi connectivity index (χ3v) is 1.85. The molecule has 0 aromatic heterocycles. The molecule has 0 spiro atoms. The fourth-order valence-corrected chi connectivity index (χ4v) is 1.16. The van der Waals surface area contributed by atoms with Crippen LogP contribution in [0, 0.1) is 5.82 Å². The van der Waals surface area contributed by atoms with Gasteiger partial charge in [-0.2, -0.15) is 0 Å². The minimum Gasteiger partial charge on any atom is -0.456 e. The van der Waals surface area contributed by atoms with Crippen LogP contribution in [0.15, 0.2) is 24.8 Å². The molecule has 0 atom stereocenters. The van der Waals surface area contributed by atoms with Crippen LogP contribution in [-0.4, -0.2) is 11.6 Å². The van der Waals surface area contributed by atoms with Gasteiger partial charge in [0.2, 0.25) is 0 Å². The second kappa shape index (κ2) is 4.47. The largest absolute Gasteiger partial charge is 0.456 e. The summed E-state index contributed by atoms with van der Waals surface area (Å²) in [7, 11) is 0. The van der Waals surface area contributed by atoms with E-state index >= 15 is 0 Å². The Morgan fingerprint density at radius 2 is 2.06 bits per heavy atom. The van der Waals surface area contributed by atoms with E-state index in [4.69, 9.17) is 4.74 Å². The lowest BCUT2D eigenvalue weighted by atomic mass is 10.1. The van der Waals surface area contributed by atoms with Crippen LogP contribution in [0.5, 0.6) is 0 Å². The van der Waals surface area contributed by atoms with Gasteiger partial charge in [-0.1, -0.05) is 18.7 Å². The van der Waals surface area contributed by atoms with Gasteiger partial charge in [0.15, 0.2) is 0 Å². The van der Waals surface area contributed by atoms with Crippen molar-refractivity contribution in [3.63, 3.8) is 0 Å². The monoisotopic (exact) mass is 222 g/mol. The molecule has 16 heavy (non-hydrogen) atoms. The number of hydrogen-bond acceptors (Lipinski definition) is 2. The van der Waals surface area contributed by atoms with Crippen LogP contribution in [0.1, 0.15) is 36.7 Å². The number of carbonyl (C=O) groups excluding carboxylic acids is 1. The quantitative estimate of drug-likeness (QED) is 0.716. The van der Waals surface area contributed by atoms with E-state index in [1.54, 1.807) is 20.8 Å². The Morgan fingerprint density at radius 3 is 2.50 bits per heavy atom. The smallest absolute Gasteiger partial charge is 0.338 e. The molecule has 0 unspecified atom stereocenters. The van der Waals surface area contributed by atoms with Crippen molar-refractivity contribution < 1.29 is 13.9 Å². The number of esters is 1. The third-order valence-electron chi connectivity index (χ3n) is 1.85.